The Morgan fingerprint density at radius 2 is 2.50 bits per heavy atom. The number of hydrogen-bond donors (Lipinski definition) is 1. The lowest BCUT2D eigenvalue weighted by Crippen LogP contribution is -2.39. The largest absolute Gasteiger partial charge is 0.378 e. The van der Waals surface area contributed by atoms with Crippen LogP contribution in [0.25, 0.3) is 0 Å². The molecule has 90 valence electrons. The molecule has 4 heteroatoms. The molecule has 2 rings (SSSR count). The van der Waals surface area contributed by atoms with Crippen LogP contribution in [-0.4, -0.2) is 35.4 Å². The fourth-order valence-corrected chi connectivity index (χ4v) is 2.53. The second-order valence-corrected chi connectivity index (χ2v) is 4.58. The summed E-state index contributed by atoms with van der Waals surface area (Å²) in [5.74, 6) is 1.74. The molecule has 0 spiro atoms. The highest BCUT2D eigenvalue weighted by Crippen LogP contribution is 2.25. The molecule has 1 fully saturated rings. The van der Waals surface area contributed by atoms with Gasteiger partial charge in [0.05, 0.1) is 6.10 Å². The maximum atomic E-state index is 5.63. The number of imidazole rings is 1. The molecule has 0 saturated carbocycles. The van der Waals surface area contributed by atoms with E-state index in [2.05, 4.69) is 21.8 Å². The lowest BCUT2D eigenvalue weighted by Gasteiger charge is -2.25. The Morgan fingerprint density at radius 3 is 3.00 bits per heavy atom. The Balaban J connectivity index is 2.03. The van der Waals surface area contributed by atoms with Crippen molar-refractivity contribution in [3.8, 4) is 0 Å². The van der Waals surface area contributed by atoms with Crippen LogP contribution in [0.3, 0.4) is 0 Å². The van der Waals surface area contributed by atoms with E-state index in [4.69, 9.17) is 4.74 Å². The highest BCUT2D eigenvalue weighted by molar-refractivity contribution is 4.97. The van der Waals surface area contributed by atoms with Gasteiger partial charge in [-0.25, -0.2) is 4.98 Å². The number of ether oxygens (including phenoxy) is 1. The molecular weight excluding hydrogens is 202 g/mol. The Bertz CT molecular complexity index is 337. The van der Waals surface area contributed by atoms with E-state index in [-0.39, 0.29) is 0 Å². The number of nitrogens with zero attached hydrogens (tertiary/aromatic N) is 2. The zero-order valence-corrected chi connectivity index (χ0v) is 10.3. The Labute approximate surface area is 97.0 Å². The third kappa shape index (κ3) is 2.28. The highest BCUT2D eigenvalue weighted by atomic mass is 16.5. The van der Waals surface area contributed by atoms with Gasteiger partial charge < -0.3 is 14.6 Å². The van der Waals surface area contributed by atoms with Crippen molar-refractivity contribution in [2.24, 2.45) is 13.0 Å². The van der Waals surface area contributed by atoms with Crippen molar-refractivity contribution in [3.63, 3.8) is 0 Å². The minimum atomic E-state index is 0.359. The summed E-state index contributed by atoms with van der Waals surface area (Å²) < 4.78 is 7.72. The molecule has 16 heavy (non-hydrogen) atoms. The van der Waals surface area contributed by atoms with Crippen LogP contribution in [-0.2, 0) is 18.2 Å². The van der Waals surface area contributed by atoms with Crippen LogP contribution in [0, 0.1) is 5.92 Å². The Kier molecular flexibility index (Phi) is 3.61. The third-order valence-electron chi connectivity index (χ3n) is 3.65. The van der Waals surface area contributed by atoms with Crippen molar-refractivity contribution in [2.75, 3.05) is 13.7 Å². The van der Waals surface area contributed by atoms with Crippen LogP contribution in [0.1, 0.15) is 19.2 Å². The van der Waals surface area contributed by atoms with Crippen LogP contribution in [0.15, 0.2) is 12.4 Å². The first-order valence-electron chi connectivity index (χ1n) is 5.97. The van der Waals surface area contributed by atoms with Crippen molar-refractivity contribution in [3.05, 3.63) is 18.2 Å². The van der Waals surface area contributed by atoms with Gasteiger partial charge in [-0.2, -0.15) is 0 Å². The fourth-order valence-electron chi connectivity index (χ4n) is 2.53. The second-order valence-electron chi connectivity index (χ2n) is 4.58. The second kappa shape index (κ2) is 4.97. The topological polar surface area (TPSA) is 39.1 Å². The molecule has 1 aromatic rings. The molecule has 0 aromatic carbocycles. The molecule has 0 bridgehead atoms. The predicted octanol–water partition coefficient (Wildman–Crippen LogP) is 0.976. The van der Waals surface area contributed by atoms with E-state index in [1.807, 2.05) is 26.5 Å². The third-order valence-corrected chi connectivity index (χ3v) is 3.65. The summed E-state index contributed by atoms with van der Waals surface area (Å²) in [6.07, 6.45) is 6.33. The maximum Gasteiger partial charge on any atom is 0.109 e. The summed E-state index contributed by atoms with van der Waals surface area (Å²) in [6, 6.07) is 0.457. The van der Waals surface area contributed by atoms with Crippen molar-refractivity contribution in [1.82, 2.24) is 14.9 Å². The molecule has 1 aliphatic rings. The zero-order chi connectivity index (χ0) is 11.5. The number of hydrogen-bond acceptors (Lipinski definition) is 3. The molecule has 1 aromatic heterocycles. The number of aryl methyl sites for hydroxylation is 1. The first-order valence-corrected chi connectivity index (χ1v) is 5.97. The zero-order valence-electron chi connectivity index (χ0n) is 10.3. The van der Waals surface area contributed by atoms with E-state index in [0.29, 0.717) is 18.1 Å². The summed E-state index contributed by atoms with van der Waals surface area (Å²) in [5, 5.41) is 3.41. The molecule has 0 amide bonds. The van der Waals surface area contributed by atoms with Gasteiger partial charge in [-0.3, -0.25) is 0 Å². The lowest BCUT2D eigenvalue weighted by atomic mass is 9.91. The average Bonchev–Trinajstić information content (AvgIpc) is 2.85. The summed E-state index contributed by atoms with van der Waals surface area (Å²) in [6.45, 7) is 3.06. The number of aromatic nitrogens is 2. The highest BCUT2D eigenvalue weighted by Gasteiger charge is 2.31. The normalized spacial score (nSPS) is 27.2. The van der Waals surface area contributed by atoms with Gasteiger partial charge in [0.25, 0.3) is 0 Å². The van der Waals surface area contributed by atoms with Gasteiger partial charge in [0, 0.05) is 44.4 Å². The van der Waals surface area contributed by atoms with Crippen molar-refractivity contribution in [2.45, 2.75) is 31.9 Å². The fraction of sp³-hybridized carbons (Fsp3) is 0.750. The number of nitrogens with one attached hydrogen (secondary N) is 1. The van der Waals surface area contributed by atoms with Crippen LogP contribution in [0.5, 0.6) is 0 Å². The summed E-state index contributed by atoms with van der Waals surface area (Å²) >= 11 is 0. The lowest BCUT2D eigenvalue weighted by molar-refractivity contribution is 0.0960. The smallest absolute Gasteiger partial charge is 0.109 e. The standard InChI is InChI=1S/C12H21N3O/c1-9-10(4-7-16-9)11(13-2)8-12-14-5-6-15(12)3/h5-6,9-11,13H,4,7-8H2,1-3H3. The van der Waals surface area contributed by atoms with Gasteiger partial charge in [-0.1, -0.05) is 0 Å². The van der Waals surface area contributed by atoms with E-state index in [0.717, 1.165) is 25.3 Å². The number of rotatable bonds is 4. The monoisotopic (exact) mass is 223 g/mol. The molecule has 3 unspecified atom stereocenters. The van der Waals surface area contributed by atoms with Crippen molar-refractivity contribution >= 4 is 0 Å². The van der Waals surface area contributed by atoms with E-state index >= 15 is 0 Å². The molecule has 3 atom stereocenters. The molecule has 1 aliphatic heterocycles. The average molecular weight is 223 g/mol. The van der Waals surface area contributed by atoms with E-state index in [1.165, 1.54) is 0 Å². The quantitative estimate of drug-likeness (QED) is 0.827. The SMILES string of the molecule is CNC(Cc1nccn1C)C1CCOC1C. The summed E-state index contributed by atoms with van der Waals surface area (Å²) in [7, 11) is 4.07. The molecule has 0 aliphatic carbocycles. The maximum absolute atomic E-state index is 5.63. The van der Waals surface area contributed by atoms with E-state index < -0.39 is 0 Å². The summed E-state index contributed by atoms with van der Waals surface area (Å²) in [4.78, 5) is 4.38. The molecule has 0 radical (unpaired) electrons. The van der Waals surface area contributed by atoms with Gasteiger partial charge in [-0.15, -0.1) is 0 Å². The van der Waals surface area contributed by atoms with Gasteiger partial charge in [0.15, 0.2) is 0 Å². The van der Waals surface area contributed by atoms with Gasteiger partial charge >= 0.3 is 0 Å². The Morgan fingerprint density at radius 1 is 1.69 bits per heavy atom. The van der Waals surface area contributed by atoms with Crippen LogP contribution >= 0.6 is 0 Å². The van der Waals surface area contributed by atoms with E-state index in [9.17, 15) is 0 Å². The Hall–Kier alpha value is -0.870. The molecule has 1 N–H and O–H groups in total. The van der Waals surface area contributed by atoms with Crippen LogP contribution in [0.4, 0.5) is 0 Å². The predicted molar refractivity (Wildman–Crippen MR) is 63.3 cm³/mol. The summed E-state index contributed by atoms with van der Waals surface area (Å²) in [5.41, 5.74) is 0. The molecule has 2 heterocycles. The molecule has 1 saturated heterocycles. The van der Waals surface area contributed by atoms with Gasteiger partial charge in [-0.05, 0) is 20.4 Å². The van der Waals surface area contributed by atoms with E-state index in [1.54, 1.807) is 0 Å². The minimum absolute atomic E-state index is 0.359. The first kappa shape index (κ1) is 11.6. The van der Waals surface area contributed by atoms with Gasteiger partial charge in [0.2, 0.25) is 0 Å². The minimum Gasteiger partial charge on any atom is -0.378 e. The molecule has 4 nitrogen and oxygen atoms in total. The first-order chi connectivity index (χ1) is 7.72. The van der Waals surface area contributed by atoms with Crippen LogP contribution < -0.4 is 5.32 Å². The number of likely N-dealkylation sites (N-methyl/N-ethyl adjacent to an activating group) is 1. The molecular formula is C12H21N3O. The van der Waals surface area contributed by atoms with Crippen LogP contribution in [0.2, 0.25) is 0 Å². The van der Waals surface area contributed by atoms with Crippen molar-refractivity contribution in [1.29, 1.82) is 0 Å². The van der Waals surface area contributed by atoms with Gasteiger partial charge in [0.1, 0.15) is 5.82 Å². The van der Waals surface area contributed by atoms with Crippen molar-refractivity contribution < 1.29 is 4.74 Å².